The third-order valence-corrected chi connectivity index (χ3v) is 7.21. The highest BCUT2D eigenvalue weighted by Gasteiger charge is 2.29. The lowest BCUT2D eigenvalue weighted by molar-refractivity contribution is 0.0496. The third kappa shape index (κ3) is 3.88. The summed E-state index contributed by atoms with van der Waals surface area (Å²) in [6, 6.07) is 15.2. The van der Waals surface area contributed by atoms with Gasteiger partial charge in [0.15, 0.2) is 0 Å². The number of aryl methyl sites for hydroxylation is 1. The van der Waals surface area contributed by atoms with E-state index in [1.54, 1.807) is 4.68 Å². The molecule has 6 heteroatoms. The Morgan fingerprint density at radius 3 is 2.65 bits per heavy atom. The van der Waals surface area contributed by atoms with Gasteiger partial charge in [0.2, 0.25) is 0 Å². The summed E-state index contributed by atoms with van der Waals surface area (Å²) in [6.45, 7) is 0.788. The van der Waals surface area contributed by atoms with Crippen LogP contribution in [0.2, 0.25) is 0 Å². The van der Waals surface area contributed by atoms with Crippen molar-refractivity contribution < 1.29 is 5.11 Å². The van der Waals surface area contributed by atoms with Gasteiger partial charge in [-0.05, 0) is 47.4 Å². The van der Waals surface area contributed by atoms with Gasteiger partial charge in [-0.15, -0.1) is 0 Å². The van der Waals surface area contributed by atoms with E-state index in [2.05, 4.69) is 52.5 Å². The van der Waals surface area contributed by atoms with E-state index in [1.165, 1.54) is 33.9 Å². The van der Waals surface area contributed by atoms with Gasteiger partial charge in [0, 0.05) is 36.9 Å². The predicted molar refractivity (Wildman–Crippen MR) is 135 cm³/mol. The summed E-state index contributed by atoms with van der Waals surface area (Å²) in [4.78, 5) is 11.8. The predicted octanol–water partition coefficient (Wildman–Crippen LogP) is 5.01. The van der Waals surface area contributed by atoms with Gasteiger partial charge in [-0.2, -0.15) is 5.10 Å². The first kappa shape index (κ1) is 21.1. The molecule has 2 aromatic heterocycles. The first-order chi connectivity index (χ1) is 16.7. The quantitative estimate of drug-likeness (QED) is 0.474. The van der Waals surface area contributed by atoms with E-state index in [4.69, 9.17) is 9.98 Å². The monoisotopic (exact) mass is 451 g/mol. The van der Waals surface area contributed by atoms with Crippen molar-refractivity contribution in [1.29, 1.82) is 0 Å². The van der Waals surface area contributed by atoms with Crippen LogP contribution in [-0.2, 0) is 20.0 Å². The molecule has 6 nitrogen and oxygen atoms in total. The molecule has 172 valence electrons. The molecule has 2 atom stereocenters. The molecule has 34 heavy (non-hydrogen) atoms. The van der Waals surface area contributed by atoms with Crippen molar-refractivity contribution in [3.8, 4) is 11.3 Å². The van der Waals surface area contributed by atoms with Gasteiger partial charge in [0.25, 0.3) is 0 Å². The average molecular weight is 452 g/mol. The van der Waals surface area contributed by atoms with Gasteiger partial charge >= 0.3 is 0 Å². The Morgan fingerprint density at radius 1 is 1.03 bits per heavy atom. The van der Waals surface area contributed by atoms with Gasteiger partial charge in [-0.1, -0.05) is 49.2 Å². The zero-order chi connectivity index (χ0) is 23.1. The lowest BCUT2D eigenvalue weighted by atomic mass is 9.90. The summed E-state index contributed by atoms with van der Waals surface area (Å²) in [6.07, 6.45) is 12.5. The molecule has 0 saturated heterocycles. The number of hydrogen-bond acceptors (Lipinski definition) is 5. The fourth-order valence-corrected chi connectivity index (χ4v) is 5.44. The smallest absolute Gasteiger partial charge is 0.0919 e. The van der Waals surface area contributed by atoms with Crippen LogP contribution in [0.4, 0.5) is 5.69 Å². The Labute approximate surface area is 199 Å². The molecule has 3 heterocycles. The number of benzene rings is 2. The van der Waals surface area contributed by atoms with Crippen molar-refractivity contribution in [2.24, 2.45) is 12.0 Å². The normalized spacial score (nSPS) is 20.0. The molecule has 1 N–H and O–H groups in total. The number of aliphatic imine (C=N–C) groups is 1. The standard InChI is InChI=1S/C28H29N5O/c1-32-16-22(15-31-32)25-11-10-19(14-29-25)12-20-13-21-17-33(26-8-4-5-9-27(26)34)18-30-28(21)24-7-3-2-6-23(20)24/h2-3,6-7,10-11,13-16,18,26-27,34H,4-5,8-9,12,17H2,1H3/t26-,27-/m0/s1. The summed E-state index contributed by atoms with van der Waals surface area (Å²) < 4.78 is 1.79. The minimum absolute atomic E-state index is 0.157. The number of aromatic nitrogens is 3. The fourth-order valence-electron chi connectivity index (χ4n) is 5.44. The molecule has 6 rings (SSSR count). The minimum Gasteiger partial charge on any atom is -0.391 e. The van der Waals surface area contributed by atoms with Gasteiger partial charge < -0.3 is 10.0 Å². The van der Waals surface area contributed by atoms with Crippen LogP contribution in [0.15, 0.2) is 66.0 Å². The molecule has 0 bridgehead atoms. The Bertz CT molecular complexity index is 1360. The summed E-state index contributed by atoms with van der Waals surface area (Å²) in [5.74, 6) is 0. The molecule has 0 radical (unpaired) electrons. The number of pyridine rings is 1. The zero-order valence-electron chi connectivity index (χ0n) is 19.4. The topological polar surface area (TPSA) is 66.5 Å². The summed E-state index contributed by atoms with van der Waals surface area (Å²) in [7, 11) is 1.92. The van der Waals surface area contributed by atoms with E-state index < -0.39 is 0 Å². The molecular weight excluding hydrogens is 422 g/mol. The first-order valence-electron chi connectivity index (χ1n) is 12.1. The molecule has 1 aliphatic heterocycles. The molecule has 0 unspecified atom stereocenters. The van der Waals surface area contributed by atoms with E-state index >= 15 is 0 Å². The maximum absolute atomic E-state index is 10.6. The largest absolute Gasteiger partial charge is 0.391 e. The van der Waals surface area contributed by atoms with E-state index in [9.17, 15) is 5.11 Å². The minimum atomic E-state index is -0.272. The van der Waals surface area contributed by atoms with Crippen molar-refractivity contribution in [3.05, 3.63) is 77.7 Å². The van der Waals surface area contributed by atoms with Crippen LogP contribution in [0, 0.1) is 0 Å². The zero-order valence-corrected chi connectivity index (χ0v) is 19.4. The second-order valence-electron chi connectivity index (χ2n) is 9.56. The van der Waals surface area contributed by atoms with Crippen LogP contribution >= 0.6 is 0 Å². The molecule has 0 amide bonds. The molecule has 0 spiro atoms. The molecule has 4 aromatic rings. The second-order valence-corrected chi connectivity index (χ2v) is 9.56. The van der Waals surface area contributed by atoms with Gasteiger partial charge in [-0.3, -0.25) is 9.67 Å². The van der Waals surface area contributed by atoms with Crippen LogP contribution in [0.1, 0.15) is 42.4 Å². The van der Waals surface area contributed by atoms with E-state index in [0.717, 1.165) is 49.2 Å². The maximum atomic E-state index is 10.6. The number of nitrogens with zero attached hydrogens (tertiary/aromatic N) is 5. The van der Waals surface area contributed by atoms with E-state index in [1.807, 2.05) is 32.0 Å². The molecule has 1 saturated carbocycles. The molecule has 1 fully saturated rings. The van der Waals surface area contributed by atoms with E-state index in [-0.39, 0.29) is 12.1 Å². The lowest BCUT2D eigenvalue weighted by Crippen LogP contribution is -2.45. The third-order valence-electron chi connectivity index (χ3n) is 7.21. The summed E-state index contributed by atoms with van der Waals surface area (Å²) in [5, 5.41) is 17.3. The Hall–Kier alpha value is -3.51. The number of aliphatic hydroxyl groups excluding tert-OH is 1. The highest BCUT2D eigenvalue weighted by molar-refractivity contribution is 5.98. The van der Waals surface area contributed by atoms with E-state index in [0.29, 0.717) is 0 Å². The van der Waals surface area contributed by atoms with Crippen molar-refractivity contribution in [2.45, 2.75) is 50.8 Å². The average Bonchev–Trinajstić information content (AvgIpc) is 3.31. The Morgan fingerprint density at radius 2 is 1.88 bits per heavy atom. The van der Waals surface area contributed by atoms with Gasteiger partial charge in [0.05, 0.1) is 36.1 Å². The fraction of sp³-hybridized carbons (Fsp3) is 0.321. The molecular formula is C28H29N5O. The second kappa shape index (κ2) is 8.69. The summed E-state index contributed by atoms with van der Waals surface area (Å²) >= 11 is 0. The van der Waals surface area contributed by atoms with Crippen molar-refractivity contribution >= 4 is 22.8 Å². The van der Waals surface area contributed by atoms with Crippen LogP contribution in [0.25, 0.3) is 22.0 Å². The number of hydrogen-bond donors (Lipinski definition) is 1. The van der Waals surface area contributed by atoms with Gasteiger partial charge in [-0.25, -0.2) is 4.99 Å². The van der Waals surface area contributed by atoms with Crippen molar-refractivity contribution in [2.75, 3.05) is 0 Å². The number of fused-ring (bicyclic) bond motifs is 3. The van der Waals surface area contributed by atoms with Crippen molar-refractivity contribution in [3.63, 3.8) is 0 Å². The van der Waals surface area contributed by atoms with Crippen molar-refractivity contribution in [1.82, 2.24) is 19.7 Å². The highest BCUT2D eigenvalue weighted by Crippen LogP contribution is 2.37. The number of rotatable bonds is 4. The van der Waals surface area contributed by atoms with Crippen LogP contribution in [0.3, 0.4) is 0 Å². The maximum Gasteiger partial charge on any atom is 0.0919 e. The first-order valence-corrected chi connectivity index (χ1v) is 12.1. The lowest BCUT2D eigenvalue weighted by Gasteiger charge is -2.38. The molecule has 2 aromatic carbocycles. The highest BCUT2D eigenvalue weighted by atomic mass is 16.3. The van der Waals surface area contributed by atoms with Crippen LogP contribution < -0.4 is 0 Å². The SMILES string of the molecule is Cn1cc(-c2ccc(Cc3cc4c(c5ccccc35)N=CN([C@H]3CCCC[C@@H]3O)C4)cn2)cn1. The van der Waals surface area contributed by atoms with Crippen LogP contribution in [0.5, 0.6) is 0 Å². The summed E-state index contributed by atoms with van der Waals surface area (Å²) in [5.41, 5.74) is 6.71. The number of aliphatic hydroxyl groups is 1. The van der Waals surface area contributed by atoms with Crippen LogP contribution in [-0.4, -0.2) is 43.3 Å². The Balaban J connectivity index is 1.32. The molecule has 1 aliphatic carbocycles. The Kier molecular flexibility index (Phi) is 5.38. The molecule has 2 aliphatic rings. The van der Waals surface area contributed by atoms with Gasteiger partial charge in [0.1, 0.15) is 0 Å².